The van der Waals surface area contributed by atoms with Crippen LogP contribution >= 0.6 is 11.3 Å². The van der Waals surface area contributed by atoms with E-state index in [-0.39, 0.29) is 18.1 Å². The van der Waals surface area contributed by atoms with Crippen molar-refractivity contribution in [3.8, 4) is 0 Å². The molecule has 0 amide bonds. The molecule has 0 aliphatic rings. The van der Waals surface area contributed by atoms with Crippen molar-refractivity contribution in [3.63, 3.8) is 0 Å². The molecule has 2 rings (SSSR count). The van der Waals surface area contributed by atoms with Crippen molar-refractivity contribution in [2.75, 3.05) is 6.61 Å². The summed E-state index contributed by atoms with van der Waals surface area (Å²) in [7, 11) is 0. The molecule has 0 saturated carbocycles. The van der Waals surface area contributed by atoms with Crippen molar-refractivity contribution < 1.29 is 9.52 Å². The number of aliphatic hydroxyl groups is 1. The maximum atomic E-state index is 9.37. The first kappa shape index (κ1) is 14.2. The Hall–Kier alpha value is -1.17. The molecule has 104 valence electrons. The monoisotopic (exact) mass is 280 g/mol. The highest BCUT2D eigenvalue weighted by Crippen LogP contribution is 2.25. The van der Waals surface area contributed by atoms with E-state index >= 15 is 0 Å². The lowest BCUT2D eigenvalue weighted by Crippen LogP contribution is -2.23. The summed E-state index contributed by atoms with van der Waals surface area (Å²) in [5, 5.41) is 15.8. The van der Waals surface area contributed by atoms with Gasteiger partial charge in [-0.3, -0.25) is 5.32 Å². The highest BCUT2D eigenvalue weighted by molar-refractivity contribution is 7.09. The number of aromatic nitrogens is 1. The minimum absolute atomic E-state index is 0.00375. The van der Waals surface area contributed by atoms with Gasteiger partial charge in [0.2, 0.25) is 0 Å². The topological polar surface area (TPSA) is 58.3 Å². The predicted molar refractivity (Wildman–Crippen MR) is 76.2 cm³/mol. The molecule has 19 heavy (non-hydrogen) atoms. The summed E-state index contributed by atoms with van der Waals surface area (Å²) in [5.41, 5.74) is 1.08. The number of nitrogens with zero attached hydrogens (tertiary/aromatic N) is 1. The number of furan rings is 1. The summed E-state index contributed by atoms with van der Waals surface area (Å²) in [4.78, 5) is 4.61. The van der Waals surface area contributed by atoms with Gasteiger partial charge in [-0.15, -0.1) is 11.3 Å². The third-order valence-electron chi connectivity index (χ3n) is 2.79. The van der Waals surface area contributed by atoms with E-state index in [0.29, 0.717) is 6.54 Å². The van der Waals surface area contributed by atoms with Gasteiger partial charge in [0.1, 0.15) is 5.76 Å². The molecule has 0 radical (unpaired) electrons. The van der Waals surface area contributed by atoms with Crippen LogP contribution < -0.4 is 5.32 Å². The fourth-order valence-corrected chi connectivity index (χ4v) is 2.61. The van der Waals surface area contributed by atoms with E-state index in [2.05, 4.69) is 36.5 Å². The molecule has 0 aliphatic heterocycles. The van der Waals surface area contributed by atoms with Gasteiger partial charge in [0.05, 0.1) is 29.6 Å². The van der Waals surface area contributed by atoms with E-state index in [1.807, 2.05) is 12.1 Å². The SMILES string of the molecule is CC(C)(C)c1nc(CNC(CO)c2ccco2)cs1. The molecular weight excluding hydrogens is 260 g/mol. The third kappa shape index (κ3) is 3.65. The van der Waals surface area contributed by atoms with Crippen LogP contribution in [0.1, 0.15) is 43.3 Å². The van der Waals surface area contributed by atoms with E-state index in [9.17, 15) is 5.11 Å². The van der Waals surface area contributed by atoms with Gasteiger partial charge in [0.15, 0.2) is 0 Å². The first-order valence-electron chi connectivity index (χ1n) is 6.33. The van der Waals surface area contributed by atoms with Crippen LogP contribution in [0.15, 0.2) is 28.2 Å². The van der Waals surface area contributed by atoms with Crippen molar-refractivity contribution in [2.24, 2.45) is 0 Å². The fourth-order valence-electron chi connectivity index (χ4n) is 1.71. The molecule has 0 aliphatic carbocycles. The van der Waals surface area contributed by atoms with Gasteiger partial charge in [-0.1, -0.05) is 20.8 Å². The second-order valence-electron chi connectivity index (χ2n) is 5.53. The van der Waals surface area contributed by atoms with Gasteiger partial charge in [-0.05, 0) is 12.1 Å². The van der Waals surface area contributed by atoms with E-state index in [1.165, 1.54) is 0 Å². The van der Waals surface area contributed by atoms with Crippen LogP contribution in [-0.4, -0.2) is 16.7 Å². The summed E-state index contributed by atoms with van der Waals surface area (Å²) in [6, 6.07) is 3.49. The Morgan fingerprint density at radius 1 is 1.47 bits per heavy atom. The lowest BCUT2D eigenvalue weighted by Gasteiger charge is -2.14. The van der Waals surface area contributed by atoms with Crippen LogP contribution in [0, 0.1) is 0 Å². The molecule has 0 bridgehead atoms. The molecule has 1 atom stereocenters. The summed E-state index contributed by atoms with van der Waals surface area (Å²) >= 11 is 1.68. The van der Waals surface area contributed by atoms with Crippen molar-refractivity contribution in [1.29, 1.82) is 0 Å². The van der Waals surface area contributed by atoms with Gasteiger partial charge < -0.3 is 9.52 Å². The quantitative estimate of drug-likeness (QED) is 0.884. The molecule has 0 aromatic carbocycles. The average Bonchev–Trinajstić information content (AvgIpc) is 2.99. The summed E-state index contributed by atoms with van der Waals surface area (Å²) in [6.07, 6.45) is 1.61. The summed E-state index contributed by atoms with van der Waals surface area (Å²) in [5.74, 6) is 0.744. The molecular formula is C14H20N2O2S. The van der Waals surface area contributed by atoms with Gasteiger partial charge in [-0.2, -0.15) is 0 Å². The second kappa shape index (κ2) is 5.86. The molecule has 0 fully saturated rings. The average molecular weight is 280 g/mol. The summed E-state index contributed by atoms with van der Waals surface area (Å²) < 4.78 is 5.29. The number of thiazole rings is 1. The van der Waals surface area contributed by atoms with Crippen molar-refractivity contribution in [2.45, 2.75) is 38.8 Å². The molecule has 5 heteroatoms. The van der Waals surface area contributed by atoms with Crippen LogP contribution in [0.5, 0.6) is 0 Å². The zero-order chi connectivity index (χ0) is 13.9. The Morgan fingerprint density at radius 3 is 2.79 bits per heavy atom. The fraction of sp³-hybridized carbons (Fsp3) is 0.500. The first-order valence-corrected chi connectivity index (χ1v) is 7.21. The lowest BCUT2D eigenvalue weighted by atomic mass is 9.98. The molecule has 0 saturated heterocycles. The van der Waals surface area contributed by atoms with Gasteiger partial charge in [0.25, 0.3) is 0 Å². The minimum Gasteiger partial charge on any atom is -0.468 e. The Morgan fingerprint density at radius 2 is 2.26 bits per heavy atom. The van der Waals surface area contributed by atoms with E-state index < -0.39 is 0 Å². The van der Waals surface area contributed by atoms with Crippen LogP contribution in [0.3, 0.4) is 0 Å². The molecule has 4 nitrogen and oxygen atoms in total. The van der Waals surface area contributed by atoms with Crippen LogP contribution in [0.4, 0.5) is 0 Å². The van der Waals surface area contributed by atoms with Crippen molar-refractivity contribution >= 4 is 11.3 Å². The standard InChI is InChI=1S/C14H20N2O2S/c1-14(2,3)13-16-10(9-19-13)7-15-11(8-17)12-5-4-6-18-12/h4-6,9,11,15,17H,7-8H2,1-3H3. The van der Waals surface area contributed by atoms with E-state index in [0.717, 1.165) is 16.5 Å². The number of rotatable bonds is 5. The van der Waals surface area contributed by atoms with Crippen molar-refractivity contribution in [1.82, 2.24) is 10.3 Å². The predicted octanol–water partition coefficient (Wildman–Crippen LogP) is 2.86. The molecule has 2 N–H and O–H groups in total. The van der Waals surface area contributed by atoms with Gasteiger partial charge in [-0.25, -0.2) is 4.98 Å². The smallest absolute Gasteiger partial charge is 0.123 e. The van der Waals surface area contributed by atoms with Gasteiger partial charge >= 0.3 is 0 Å². The molecule has 2 aromatic heterocycles. The third-order valence-corrected chi connectivity index (χ3v) is 4.11. The zero-order valence-electron chi connectivity index (χ0n) is 11.5. The van der Waals surface area contributed by atoms with Crippen LogP contribution in [0.2, 0.25) is 0 Å². The number of hydrogen-bond donors (Lipinski definition) is 2. The largest absolute Gasteiger partial charge is 0.468 e. The van der Waals surface area contributed by atoms with Crippen LogP contribution in [-0.2, 0) is 12.0 Å². The minimum atomic E-state index is -0.185. The molecule has 0 spiro atoms. The zero-order valence-corrected chi connectivity index (χ0v) is 12.3. The molecule has 2 aromatic rings. The number of aliphatic hydroxyl groups excluding tert-OH is 1. The lowest BCUT2D eigenvalue weighted by molar-refractivity contribution is 0.225. The highest BCUT2D eigenvalue weighted by Gasteiger charge is 2.18. The number of hydrogen-bond acceptors (Lipinski definition) is 5. The summed E-state index contributed by atoms with van der Waals surface area (Å²) in [6.45, 7) is 7.09. The normalized spacial score (nSPS) is 13.7. The molecule has 2 heterocycles. The Balaban J connectivity index is 1.96. The van der Waals surface area contributed by atoms with E-state index in [4.69, 9.17) is 4.42 Å². The first-order chi connectivity index (χ1) is 9.00. The number of nitrogens with one attached hydrogen (secondary N) is 1. The Labute approximate surface area is 117 Å². The molecule has 1 unspecified atom stereocenters. The Bertz CT molecular complexity index is 500. The van der Waals surface area contributed by atoms with Gasteiger partial charge in [0, 0.05) is 17.3 Å². The maximum Gasteiger partial charge on any atom is 0.123 e. The maximum absolute atomic E-state index is 9.37. The van der Waals surface area contributed by atoms with E-state index in [1.54, 1.807) is 17.6 Å². The van der Waals surface area contributed by atoms with Crippen LogP contribution in [0.25, 0.3) is 0 Å². The Kier molecular flexibility index (Phi) is 4.39. The highest BCUT2D eigenvalue weighted by atomic mass is 32.1. The second-order valence-corrected chi connectivity index (χ2v) is 6.38. The van der Waals surface area contributed by atoms with Crippen molar-refractivity contribution in [3.05, 3.63) is 40.2 Å².